The molecule has 108 valence electrons. The highest BCUT2D eigenvalue weighted by molar-refractivity contribution is 6.30. The topological polar surface area (TPSA) is 29.5 Å². The van der Waals surface area contributed by atoms with Gasteiger partial charge in [0.25, 0.3) is 0 Å². The van der Waals surface area contributed by atoms with Crippen LogP contribution in [0, 0.1) is 0 Å². The number of aliphatic hydroxyl groups is 1. The molecule has 0 saturated carbocycles. The van der Waals surface area contributed by atoms with Crippen LogP contribution in [0.4, 0.5) is 13.2 Å². The SMILES string of the molecule is OCC(CCCOCC(F)(F)F)c1ccc(Cl)cc1. The van der Waals surface area contributed by atoms with Gasteiger partial charge >= 0.3 is 6.18 Å². The first-order valence-electron chi connectivity index (χ1n) is 5.93. The van der Waals surface area contributed by atoms with Crippen LogP contribution >= 0.6 is 11.6 Å². The highest BCUT2D eigenvalue weighted by Crippen LogP contribution is 2.23. The number of halogens is 4. The van der Waals surface area contributed by atoms with Gasteiger partial charge in [-0.2, -0.15) is 13.2 Å². The molecule has 1 aromatic carbocycles. The van der Waals surface area contributed by atoms with E-state index in [1.807, 2.05) is 0 Å². The van der Waals surface area contributed by atoms with Crippen molar-refractivity contribution in [1.82, 2.24) is 0 Å². The lowest BCUT2D eigenvalue weighted by Crippen LogP contribution is -2.17. The Morgan fingerprint density at radius 2 is 1.84 bits per heavy atom. The van der Waals surface area contributed by atoms with Crippen molar-refractivity contribution in [1.29, 1.82) is 0 Å². The van der Waals surface area contributed by atoms with E-state index < -0.39 is 12.8 Å². The molecule has 19 heavy (non-hydrogen) atoms. The Labute approximate surface area is 115 Å². The lowest BCUT2D eigenvalue weighted by atomic mass is 9.95. The maximum absolute atomic E-state index is 11.8. The second kappa shape index (κ2) is 7.72. The van der Waals surface area contributed by atoms with Gasteiger partial charge in [0, 0.05) is 24.2 Å². The molecule has 0 aliphatic carbocycles. The fourth-order valence-corrected chi connectivity index (χ4v) is 1.84. The van der Waals surface area contributed by atoms with E-state index in [2.05, 4.69) is 4.74 Å². The zero-order chi connectivity index (χ0) is 14.3. The van der Waals surface area contributed by atoms with Crippen molar-refractivity contribution >= 4 is 11.6 Å². The van der Waals surface area contributed by atoms with Crippen molar-refractivity contribution in [3.05, 3.63) is 34.9 Å². The van der Waals surface area contributed by atoms with Gasteiger partial charge in [0.2, 0.25) is 0 Å². The molecule has 6 heteroatoms. The number of benzene rings is 1. The molecule has 0 aliphatic rings. The van der Waals surface area contributed by atoms with Crippen LogP contribution in [0.3, 0.4) is 0 Å². The van der Waals surface area contributed by atoms with Crippen molar-refractivity contribution in [3.8, 4) is 0 Å². The van der Waals surface area contributed by atoms with Gasteiger partial charge in [0.1, 0.15) is 6.61 Å². The van der Waals surface area contributed by atoms with E-state index in [0.717, 1.165) is 5.56 Å². The summed E-state index contributed by atoms with van der Waals surface area (Å²) in [6, 6.07) is 7.05. The van der Waals surface area contributed by atoms with Crippen LogP contribution < -0.4 is 0 Å². The Hall–Kier alpha value is -0.780. The van der Waals surface area contributed by atoms with E-state index >= 15 is 0 Å². The number of aliphatic hydroxyl groups excluding tert-OH is 1. The zero-order valence-corrected chi connectivity index (χ0v) is 11.0. The first kappa shape index (κ1) is 16.3. The largest absolute Gasteiger partial charge is 0.411 e. The Kier molecular flexibility index (Phi) is 6.62. The summed E-state index contributed by atoms with van der Waals surface area (Å²) >= 11 is 5.76. The predicted octanol–water partition coefficient (Wildman–Crippen LogP) is 3.78. The molecule has 1 aromatic rings. The summed E-state index contributed by atoms with van der Waals surface area (Å²) in [5.74, 6) is -0.105. The minimum absolute atomic E-state index is 0.0313. The first-order valence-corrected chi connectivity index (χ1v) is 6.31. The minimum atomic E-state index is -4.29. The van der Waals surface area contributed by atoms with E-state index in [1.54, 1.807) is 24.3 Å². The average Bonchev–Trinajstić information content (AvgIpc) is 2.34. The summed E-state index contributed by atoms with van der Waals surface area (Å²) in [5.41, 5.74) is 0.919. The fourth-order valence-electron chi connectivity index (χ4n) is 1.72. The molecule has 0 aliphatic heterocycles. The quantitative estimate of drug-likeness (QED) is 0.776. The Morgan fingerprint density at radius 3 is 2.37 bits per heavy atom. The van der Waals surface area contributed by atoms with Gasteiger partial charge in [-0.15, -0.1) is 0 Å². The summed E-state index contributed by atoms with van der Waals surface area (Å²) < 4.78 is 40.0. The molecule has 0 bridgehead atoms. The molecule has 1 rings (SSSR count). The molecular weight excluding hydrogens is 281 g/mol. The van der Waals surface area contributed by atoms with Gasteiger partial charge in [-0.05, 0) is 30.5 Å². The minimum Gasteiger partial charge on any atom is -0.396 e. The standard InChI is InChI=1S/C13H16ClF3O2/c14-12-5-3-10(4-6-12)11(8-18)2-1-7-19-9-13(15,16)17/h3-6,11,18H,1-2,7-9H2. The molecule has 0 saturated heterocycles. The number of alkyl halides is 3. The van der Waals surface area contributed by atoms with Crippen molar-refractivity contribution in [3.63, 3.8) is 0 Å². The summed E-state index contributed by atoms with van der Waals surface area (Å²) in [6.45, 7) is -1.25. The Balaban J connectivity index is 2.31. The van der Waals surface area contributed by atoms with E-state index in [4.69, 9.17) is 11.6 Å². The van der Waals surface area contributed by atoms with Crippen LogP contribution in [0.15, 0.2) is 24.3 Å². The van der Waals surface area contributed by atoms with Gasteiger partial charge in [-0.25, -0.2) is 0 Å². The van der Waals surface area contributed by atoms with Crippen LogP contribution in [-0.4, -0.2) is 31.1 Å². The zero-order valence-electron chi connectivity index (χ0n) is 10.3. The lowest BCUT2D eigenvalue weighted by Gasteiger charge is -2.15. The molecule has 1 atom stereocenters. The summed E-state index contributed by atoms with van der Waals surface area (Å²) in [4.78, 5) is 0. The second-order valence-corrected chi connectivity index (χ2v) is 4.68. The van der Waals surface area contributed by atoms with Gasteiger partial charge in [0.15, 0.2) is 0 Å². The van der Waals surface area contributed by atoms with Crippen LogP contribution in [0.25, 0.3) is 0 Å². The maximum atomic E-state index is 11.8. The van der Waals surface area contributed by atoms with Gasteiger partial charge < -0.3 is 9.84 Å². The van der Waals surface area contributed by atoms with Crippen LogP contribution in [0.2, 0.25) is 5.02 Å². The van der Waals surface area contributed by atoms with E-state index in [-0.39, 0.29) is 19.1 Å². The second-order valence-electron chi connectivity index (χ2n) is 4.24. The molecule has 0 fully saturated rings. The third-order valence-corrected chi connectivity index (χ3v) is 2.92. The van der Waals surface area contributed by atoms with Crippen LogP contribution in [0.5, 0.6) is 0 Å². The van der Waals surface area contributed by atoms with E-state index in [1.165, 1.54) is 0 Å². The number of rotatable bonds is 7. The number of ether oxygens (including phenoxy) is 1. The molecular formula is C13H16ClF3O2. The third-order valence-electron chi connectivity index (χ3n) is 2.67. The number of hydrogen-bond acceptors (Lipinski definition) is 2. The molecule has 1 N–H and O–H groups in total. The summed E-state index contributed by atoms with van der Waals surface area (Å²) in [5, 5.41) is 9.89. The molecule has 0 radical (unpaired) electrons. The van der Waals surface area contributed by atoms with Gasteiger partial charge in [-0.3, -0.25) is 0 Å². The Morgan fingerprint density at radius 1 is 1.21 bits per heavy atom. The normalized spacial score (nSPS) is 13.5. The van der Waals surface area contributed by atoms with Gasteiger partial charge in [0.05, 0.1) is 0 Å². The van der Waals surface area contributed by atoms with Crippen molar-refractivity contribution in [2.45, 2.75) is 24.9 Å². The summed E-state index contributed by atoms with van der Waals surface area (Å²) in [7, 11) is 0. The van der Waals surface area contributed by atoms with Crippen molar-refractivity contribution in [2.24, 2.45) is 0 Å². The first-order chi connectivity index (χ1) is 8.92. The van der Waals surface area contributed by atoms with Crippen molar-refractivity contribution in [2.75, 3.05) is 19.8 Å². The highest BCUT2D eigenvalue weighted by Gasteiger charge is 2.27. The number of hydrogen-bond donors (Lipinski definition) is 1. The van der Waals surface area contributed by atoms with Gasteiger partial charge in [-0.1, -0.05) is 23.7 Å². The molecule has 0 amide bonds. The monoisotopic (exact) mass is 296 g/mol. The molecule has 0 spiro atoms. The maximum Gasteiger partial charge on any atom is 0.411 e. The lowest BCUT2D eigenvalue weighted by molar-refractivity contribution is -0.174. The fraction of sp³-hybridized carbons (Fsp3) is 0.538. The van der Waals surface area contributed by atoms with E-state index in [0.29, 0.717) is 17.9 Å². The van der Waals surface area contributed by atoms with E-state index in [9.17, 15) is 18.3 Å². The van der Waals surface area contributed by atoms with Crippen LogP contribution in [-0.2, 0) is 4.74 Å². The highest BCUT2D eigenvalue weighted by atomic mass is 35.5. The average molecular weight is 297 g/mol. The predicted molar refractivity (Wildman–Crippen MR) is 67.4 cm³/mol. The smallest absolute Gasteiger partial charge is 0.396 e. The van der Waals surface area contributed by atoms with Crippen molar-refractivity contribution < 1.29 is 23.0 Å². The van der Waals surface area contributed by atoms with Crippen LogP contribution in [0.1, 0.15) is 24.3 Å². The molecule has 0 heterocycles. The Bertz CT molecular complexity index is 365. The summed E-state index contributed by atoms with van der Waals surface area (Å²) in [6.07, 6.45) is -3.26. The molecule has 0 aromatic heterocycles. The molecule has 1 unspecified atom stereocenters. The third kappa shape index (κ3) is 6.80. The molecule has 2 nitrogen and oxygen atoms in total.